The van der Waals surface area contributed by atoms with Crippen LogP contribution < -0.4 is 21.8 Å². The summed E-state index contributed by atoms with van der Waals surface area (Å²) in [6.45, 7) is 1.61. The quantitative estimate of drug-likeness (QED) is 0.236. The summed E-state index contributed by atoms with van der Waals surface area (Å²) in [7, 11) is 1.81. The van der Waals surface area contributed by atoms with E-state index in [-0.39, 0.29) is 24.1 Å². The lowest BCUT2D eigenvalue weighted by molar-refractivity contribution is 0.0949. The molecule has 5 N–H and O–H groups in total. The maximum atomic E-state index is 13.3. The summed E-state index contributed by atoms with van der Waals surface area (Å²) in [6, 6.07) is 12.6. The molecule has 0 bridgehead atoms. The average Bonchev–Trinajstić information content (AvgIpc) is 3.28. The summed E-state index contributed by atoms with van der Waals surface area (Å²) in [5, 5.41) is 17.1. The standard InChI is InChI=1S/C26H28ClN5O3S/c1-32-15-19(26(35)31-13-16-5-7-17(27)8-6-16)24(34)25-23(32)18(12-28)22(36-25)14-29-11-9-21(33)20-4-2-3-10-30-20/h2-8,10,15,21,29,33H,9,11-14,28H2,1H3,(H,31,35)/t21-/m1/s1. The Kier molecular flexibility index (Phi) is 8.50. The number of carbonyl (C=O) groups excluding carboxylic acids is 1. The zero-order chi connectivity index (χ0) is 25.7. The molecule has 0 fully saturated rings. The van der Waals surface area contributed by atoms with E-state index < -0.39 is 12.0 Å². The first-order chi connectivity index (χ1) is 17.4. The van der Waals surface area contributed by atoms with E-state index in [4.69, 9.17) is 17.3 Å². The number of nitrogens with one attached hydrogen (secondary N) is 2. The van der Waals surface area contributed by atoms with Crippen molar-refractivity contribution in [2.45, 2.75) is 32.2 Å². The van der Waals surface area contributed by atoms with Crippen molar-refractivity contribution in [2.75, 3.05) is 6.54 Å². The van der Waals surface area contributed by atoms with Gasteiger partial charge in [0, 0.05) is 54.5 Å². The number of pyridine rings is 2. The third-order valence-electron chi connectivity index (χ3n) is 5.91. The van der Waals surface area contributed by atoms with Gasteiger partial charge in [-0.05, 0) is 42.8 Å². The van der Waals surface area contributed by atoms with Crippen molar-refractivity contribution in [3.8, 4) is 0 Å². The number of hydrogen-bond donors (Lipinski definition) is 4. The van der Waals surface area contributed by atoms with E-state index >= 15 is 0 Å². The van der Waals surface area contributed by atoms with Gasteiger partial charge < -0.3 is 26.0 Å². The lowest BCUT2D eigenvalue weighted by Crippen LogP contribution is -2.29. The Labute approximate surface area is 217 Å². The van der Waals surface area contributed by atoms with Crippen molar-refractivity contribution < 1.29 is 9.90 Å². The Balaban J connectivity index is 1.47. The molecule has 3 aromatic heterocycles. The van der Waals surface area contributed by atoms with Crippen molar-refractivity contribution in [2.24, 2.45) is 12.8 Å². The number of aliphatic hydroxyl groups excluding tert-OH is 1. The highest BCUT2D eigenvalue weighted by atomic mass is 35.5. The third kappa shape index (κ3) is 5.83. The predicted molar refractivity (Wildman–Crippen MR) is 143 cm³/mol. The second-order valence-electron chi connectivity index (χ2n) is 8.41. The number of nitrogens with two attached hydrogens (primary N) is 1. The predicted octanol–water partition coefficient (Wildman–Crippen LogP) is 3.25. The van der Waals surface area contributed by atoms with Gasteiger partial charge in [-0.1, -0.05) is 29.8 Å². The zero-order valence-corrected chi connectivity index (χ0v) is 21.4. The molecule has 4 aromatic rings. The van der Waals surface area contributed by atoms with Crippen LogP contribution in [0.1, 0.15) is 44.6 Å². The van der Waals surface area contributed by atoms with Gasteiger partial charge in [0.1, 0.15) is 5.56 Å². The topological polar surface area (TPSA) is 122 Å². The molecule has 10 heteroatoms. The Morgan fingerprint density at radius 2 is 2.00 bits per heavy atom. The number of aliphatic hydroxyl groups is 1. The number of rotatable bonds is 10. The number of aromatic nitrogens is 2. The van der Waals surface area contributed by atoms with E-state index in [9.17, 15) is 14.7 Å². The second kappa shape index (κ2) is 11.8. The van der Waals surface area contributed by atoms with E-state index in [2.05, 4.69) is 15.6 Å². The molecule has 0 unspecified atom stereocenters. The Bertz CT molecular complexity index is 1400. The number of halogens is 1. The van der Waals surface area contributed by atoms with Crippen LogP contribution in [0.5, 0.6) is 0 Å². The molecule has 4 rings (SSSR count). The first-order valence-electron chi connectivity index (χ1n) is 11.5. The van der Waals surface area contributed by atoms with Gasteiger partial charge >= 0.3 is 0 Å². The fourth-order valence-corrected chi connectivity index (χ4v) is 5.44. The summed E-state index contributed by atoms with van der Waals surface area (Å²) in [5.74, 6) is -0.432. The lowest BCUT2D eigenvalue weighted by atomic mass is 10.1. The number of hydrogen-bond acceptors (Lipinski definition) is 7. The van der Waals surface area contributed by atoms with Crippen LogP contribution in [0, 0.1) is 0 Å². The number of fused-ring (bicyclic) bond motifs is 1. The van der Waals surface area contributed by atoms with Crippen LogP contribution in [0.3, 0.4) is 0 Å². The van der Waals surface area contributed by atoms with Crippen LogP contribution in [-0.2, 0) is 26.7 Å². The average molecular weight is 526 g/mol. The molecule has 0 radical (unpaired) electrons. The minimum atomic E-state index is -0.657. The molecule has 1 atom stereocenters. The molecule has 3 heterocycles. The highest BCUT2D eigenvalue weighted by molar-refractivity contribution is 7.19. The summed E-state index contributed by atoms with van der Waals surface area (Å²) in [4.78, 5) is 31.2. The number of benzene rings is 1. The molecule has 188 valence electrons. The summed E-state index contributed by atoms with van der Waals surface area (Å²) in [5.41, 5.74) is 8.96. The minimum Gasteiger partial charge on any atom is -0.387 e. The van der Waals surface area contributed by atoms with Crippen LogP contribution in [0.25, 0.3) is 10.2 Å². The summed E-state index contributed by atoms with van der Waals surface area (Å²) in [6.07, 6.45) is 3.06. The normalized spacial score (nSPS) is 12.1. The number of thiophene rings is 1. The number of nitrogens with zero attached hydrogens (tertiary/aromatic N) is 2. The largest absolute Gasteiger partial charge is 0.387 e. The van der Waals surface area contributed by atoms with Crippen molar-refractivity contribution >= 4 is 39.1 Å². The highest BCUT2D eigenvalue weighted by Gasteiger charge is 2.20. The molecule has 0 aliphatic rings. The summed E-state index contributed by atoms with van der Waals surface area (Å²) >= 11 is 7.26. The van der Waals surface area contributed by atoms with Gasteiger partial charge in [-0.15, -0.1) is 11.3 Å². The molecule has 1 aromatic carbocycles. The first kappa shape index (κ1) is 26.0. The Hall–Kier alpha value is -3.08. The van der Waals surface area contributed by atoms with E-state index in [1.54, 1.807) is 35.2 Å². The molecular formula is C26H28ClN5O3S. The van der Waals surface area contributed by atoms with Crippen molar-refractivity contribution in [1.82, 2.24) is 20.2 Å². The van der Waals surface area contributed by atoms with Crippen molar-refractivity contribution in [3.63, 3.8) is 0 Å². The minimum absolute atomic E-state index is 0.0850. The number of carbonyl (C=O) groups is 1. The Morgan fingerprint density at radius 1 is 1.22 bits per heavy atom. The fourth-order valence-electron chi connectivity index (χ4n) is 4.02. The second-order valence-corrected chi connectivity index (χ2v) is 9.96. The summed E-state index contributed by atoms with van der Waals surface area (Å²) < 4.78 is 2.29. The molecule has 0 aliphatic heterocycles. The van der Waals surface area contributed by atoms with Gasteiger partial charge in [0.15, 0.2) is 0 Å². The monoisotopic (exact) mass is 525 g/mol. The first-order valence-corrected chi connectivity index (χ1v) is 12.7. The van der Waals surface area contributed by atoms with Crippen molar-refractivity contribution in [1.29, 1.82) is 0 Å². The molecule has 0 spiro atoms. The van der Waals surface area contributed by atoms with Gasteiger partial charge in [-0.3, -0.25) is 14.6 Å². The third-order valence-corrected chi connectivity index (χ3v) is 7.39. The Morgan fingerprint density at radius 3 is 2.69 bits per heavy atom. The van der Waals surface area contributed by atoms with Crippen molar-refractivity contribution in [3.05, 3.63) is 97.4 Å². The SMILES string of the molecule is Cn1cc(C(=O)NCc2ccc(Cl)cc2)c(=O)c2sc(CNCC[C@@H](O)c3ccccn3)c(CN)c21. The van der Waals surface area contributed by atoms with Crippen LogP contribution >= 0.6 is 22.9 Å². The zero-order valence-electron chi connectivity index (χ0n) is 19.8. The molecule has 8 nitrogen and oxygen atoms in total. The van der Waals surface area contributed by atoms with Gasteiger partial charge in [-0.25, -0.2) is 0 Å². The van der Waals surface area contributed by atoms with Crippen LogP contribution in [-0.4, -0.2) is 27.1 Å². The van der Waals surface area contributed by atoms with Gasteiger partial charge in [0.25, 0.3) is 5.91 Å². The van der Waals surface area contributed by atoms with Crippen LogP contribution in [0.15, 0.2) is 59.7 Å². The fraction of sp³-hybridized carbons (Fsp3) is 0.269. The van der Waals surface area contributed by atoms with E-state index in [0.29, 0.717) is 34.9 Å². The van der Waals surface area contributed by atoms with Gasteiger partial charge in [-0.2, -0.15) is 0 Å². The molecule has 0 saturated heterocycles. The maximum Gasteiger partial charge on any atom is 0.257 e. The van der Waals surface area contributed by atoms with Gasteiger partial charge in [0.2, 0.25) is 5.43 Å². The number of aryl methyl sites for hydroxylation is 1. The molecule has 0 saturated carbocycles. The van der Waals surface area contributed by atoms with E-state index in [0.717, 1.165) is 21.5 Å². The highest BCUT2D eigenvalue weighted by Crippen LogP contribution is 2.29. The molecular weight excluding hydrogens is 498 g/mol. The van der Waals surface area contributed by atoms with Gasteiger partial charge in [0.05, 0.1) is 22.0 Å². The smallest absolute Gasteiger partial charge is 0.257 e. The number of amides is 1. The maximum absolute atomic E-state index is 13.3. The van der Waals surface area contributed by atoms with Crippen LogP contribution in [0.4, 0.5) is 0 Å². The lowest BCUT2D eigenvalue weighted by Gasteiger charge is -2.11. The van der Waals surface area contributed by atoms with Crippen LogP contribution in [0.2, 0.25) is 5.02 Å². The molecule has 36 heavy (non-hydrogen) atoms. The molecule has 1 amide bonds. The van der Waals surface area contributed by atoms with E-state index in [1.807, 2.05) is 31.3 Å². The molecule has 0 aliphatic carbocycles. The van der Waals surface area contributed by atoms with E-state index in [1.165, 1.54) is 11.3 Å².